The summed E-state index contributed by atoms with van der Waals surface area (Å²) in [5.74, 6) is -6.47. The first-order chi connectivity index (χ1) is 7.43. The molecule has 2 aromatic rings. The van der Waals surface area contributed by atoms with Crippen LogP contribution in [0.15, 0.2) is 0 Å². The Morgan fingerprint density at radius 1 is 0.938 bits per heavy atom. The minimum absolute atomic E-state index is 0.0534. The summed E-state index contributed by atoms with van der Waals surface area (Å²) in [6.45, 7) is 3.56. The van der Waals surface area contributed by atoms with E-state index >= 15 is 0 Å². The third kappa shape index (κ3) is 1.48. The fraction of sp³-hybridized carbons (Fsp3) is 0.300. The molecule has 0 saturated heterocycles. The SMILES string of the molecule is CC(C)c1nc2c(F)c(F)c(F)c(F)c2s1. The lowest BCUT2D eigenvalue weighted by Crippen LogP contribution is -1.96. The fourth-order valence-corrected chi connectivity index (χ4v) is 2.27. The van der Waals surface area contributed by atoms with Gasteiger partial charge in [0.2, 0.25) is 0 Å². The van der Waals surface area contributed by atoms with E-state index in [1.165, 1.54) is 0 Å². The molecule has 1 heterocycles. The maximum absolute atomic E-state index is 13.3. The van der Waals surface area contributed by atoms with E-state index in [0.717, 1.165) is 11.3 Å². The van der Waals surface area contributed by atoms with Crippen molar-refractivity contribution in [2.45, 2.75) is 19.8 Å². The maximum atomic E-state index is 13.3. The molecule has 0 bridgehead atoms. The van der Waals surface area contributed by atoms with Crippen molar-refractivity contribution in [2.24, 2.45) is 0 Å². The molecule has 0 amide bonds. The van der Waals surface area contributed by atoms with Gasteiger partial charge in [-0.2, -0.15) is 0 Å². The number of aromatic nitrogens is 1. The molecular formula is C10H7F4NS. The van der Waals surface area contributed by atoms with Gasteiger partial charge in [-0.25, -0.2) is 22.5 Å². The Kier molecular flexibility index (Phi) is 2.61. The van der Waals surface area contributed by atoms with E-state index in [0.29, 0.717) is 5.01 Å². The zero-order chi connectivity index (χ0) is 12.0. The van der Waals surface area contributed by atoms with Crippen LogP contribution in [0.3, 0.4) is 0 Å². The van der Waals surface area contributed by atoms with Gasteiger partial charge in [0.15, 0.2) is 23.3 Å². The number of nitrogens with zero attached hydrogens (tertiary/aromatic N) is 1. The molecule has 0 aliphatic rings. The van der Waals surface area contributed by atoms with Crippen molar-refractivity contribution in [1.82, 2.24) is 4.98 Å². The molecule has 86 valence electrons. The van der Waals surface area contributed by atoms with Gasteiger partial charge < -0.3 is 0 Å². The standard InChI is InChI=1S/C10H7F4NS/c1-3(2)10-15-8-6(13)4(11)5(12)7(14)9(8)16-10/h3H,1-2H3. The smallest absolute Gasteiger partial charge is 0.199 e. The second-order valence-corrected chi connectivity index (χ2v) is 4.67. The minimum atomic E-state index is -1.81. The predicted molar refractivity (Wildman–Crippen MR) is 53.5 cm³/mol. The van der Waals surface area contributed by atoms with Crippen LogP contribution in [-0.2, 0) is 0 Å². The van der Waals surface area contributed by atoms with Crippen molar-refractivity contribution in [1.29, 1.82) is 0 Å². The summed E-state index contributed by atoms with van der Waals surface area (Å²) in [4.78, 5) is 3.77. The van der Waals surface area contributed by atoms with Gasteiger partial charge in [-0.1, -0.05) is 13.8 Å². The van der Waals surface area contributed by atoms with E-state index in [9.17, 15) is 17.6 Å². The molecule has 0 aliphatic heterocycles. The average Bonchev–Trinajstić information content (AvgIpc) is 2.68. The van der Waals surface area contributed by atoms with Gasteiger partial charge in [-0.05, 0) is 0 Å². The molecule has 2 rings (SSSR count). The first kappa shape index (κ1) is 11.3. The largest absolute Gasteiger partial charge is 0.238 e. The van der Waals surface area contributed by atoms with Crippen LogP contribution in [0, 0.1) is 23.3 Å². The van der Waals surface area contributed by atoms with Crippen molar-refractivity contribution < 1.29 is 17.6 Å². The molecular weight excluding hydrogens is 242 g/mol. The van der Waals surface area contributed by atoms with Crippen LogP contribution in [-0.4, -0.2) is 4.98 Å². The normalized spacial score (nSPS) is 11.7. The molecule has 0 aliphatic carbocycles. The number of fused-ring (bicyclic) bond motifs is 1. The van der Waals surface area contributed by atoms with Crippen molar-refractivity contribution in [3.05, 3.63) is 28.3 Å². The molecule has 6 heteroatoms. The molecule has 0 saturated carbocycles. The number of thiazole rings is 1. The number of benzene rings is 1. The Labute approximate surface area is 92.7 Å². The Morgan fingerprint density at radius 3 is 2.06 bits per heavy atom. The van der Waals surface area contributed by atoms with Gasteiger partial charge >= 0.3 is 0 Å². The van der Waals surface area contributed by atoms with Gasteiger partial charge in [-0.15, -0.1) is 11.3 Å². The molecule has 1 aromatic carbocycles. The van der Waals surface area contributed by atoms with Crippen molar-refractivity contribution in [3.8, 4) is 0 Å². The van der Waals surface area contributed by atoms with E-state index in [4.69, 9.17) is 0 Å². The second kappa shape index (κ2) is 3.69. The average molecular weight is 249 g/mol. The van der Waals surface area contributed by atoms with Crippen molar-refractivity contribution in [3.63, 3.8) is 0 Å². The van der Waals surface area contributed by atoms with E-state index in [-0.39, 0.29) is 10.6 Å². The topological polar surface area (TPSA) is 12.9 Å². The van der Waals surface area contributed by atoms with E-state index in [1.807, 2.05) is 0 Å². The number of rotatable bonds is 1. The maximum Gasteiger partial charge on any atom is 0.199 e. The van der Waals surface area contributed by atoms with Gasteiger partial charge in [0.05, 0.1) is 9.71 Å². The highest BCUT2D eigenvalue weighted by Gasteiger charge is 2.24. The summed E-state index contributed by atoms with van der Waals surface area (Å²) in [5, 5.41) is 0.442. The zero-order valence-corrected chi connectivity index (χ0v) is 9.26. The molecule has 1 nitrogen and oxygen atoms in total. The summed E-state index contributed by atoms with van der Waals surface area (Å²) >= 11 is 0.836. The van der Waals surface area contributed by atoms with Crippen molar-refractivity contribution >= 4 is 21.6 Å². The van der Waals surface area contributed by atoms with Crippen LogP contribution in [0.4, 0.5) is 17.6 Å². The van der Waals surface area contributed by atoms with Crippen LogP contribution in [0.1, 0.15) is 24.8 Å². The first-order valence-electron chi connectivity index (χ1n) is 4.55. The molecule has 16 heavy (non-hydrogen) atoms. The van der Waals surface area contributed by atoms with E-state index in [2.05, 4.69) is 4.98 Å². The fourth-order valence-electron chi connectivity index (χ4n) is 1.28. The van der Waals surface area contributed by atoms with E-state index in [1.54, 1.807) is 13.8 Å². The number of halogens is 4. The predicted octanol–water partition coefficient (Wildman–Crippen LogP) is 3.98. The lowest BCUT2D eigenvalue weighted by molar-refractivity contribution is 0.418. The van der Waals surface area contributed by atoms with Crippen LogP contribution < -0.4 is 0 Å². The van der Waals surface area contributed by atoms with Gasteiger partial charge in [0, 0.05) is 5.92 Å². The van der Waals surface area contributed by atoms with Crippen LogP contribution in [0.2, 0.25) is 0 Å². The van der Waals surface area contributed by atoms with Crippen LogP contribution >= 0.6 is 11.3 Å². The molecule has 0 spiro atoms. The quantitative estimate of drug-likeness (QED) is 0.423. The summed E-state index contributed by atoms with van der Waals surface area (Å²) in [7, 11) is 0. The Hall–Kier alpha value is -1.17. The van der Waals surface area contributed by atoms with Gasteiger partial charge in [0.1, 0.15) is 5.52 Å². The summed E-state index contributed by atoms with van der Waals surface area (Å²) in [5.41, 5.74) is -0.440. The van der Waals surface area contributed by atoms with Gasteiger partial charge in [-0.3, -0.25) is 0 Å². The molecule has 0 atom stereocenters. The third-order valence-corrected chi connectivity index (χ3v) is 3.47. The summed E-state index contributed by atoms with van der Waals surface area (Å²) < 4.78 is 52.1. The first-order valence-corrected chi connectivity index (χ1v) is 5.37. The zero-order valence-electron chi connectivity index (χ0n) is 8.44. The Balaban J connectivity index is 2.86. The second-order valence-electron chi connectivity index (χ2n) is 3.64. The highest BCUT2D eigenvalue weighted by molar-refractivity contribution is 7.18. The molecule has 0 radical (unpaired) electrons. The highest BCUT2D eigenvalue weighted by atomic mass is 32.1. The number of hydrogen-bond donors (Lipinski definition) is 0. The summed E-state index contributed by atoms with van der Waals surface area (Å²) in [6, 6.07) is 0. The van der Waals surface area contributed by atoms with E-state index < -0.39 is 28.8 Å². The summed E-state index contributed by atoms with van der Waals surface area (Å²) in [6.07, 6.45) is 0. The third-order valence-electron chi connectivity index (χ3n) is 2.12. The monoisotopic (exact) mass is 249 g/mol. The van der Waals surface area contributed by atoms with Crippen molar-refractivity contribution in [2.75, 3.05) is 0 Å². The van der Waals surface area contributed by atoms with Crippen LogP contribution in [0.5, 0.6) is 0 Å². The Morgan fingerprint density at radius 2 is 1.50 bits per heavy atom. The highest BCUT2D eigenvalue weighted by Crippen LogP contribution is 2.33. The molecule has 0 unspecified atom stereocenters. The lowest BCUT2D eigenvalue weighted by atomic mass is 10.2. The minimum Gasteiger partial charge on any atom is -0.238 e. The number of hydrogen-bond acceptors (Lipinski definition) is 2. The van der Waals surface area contributed by atoms with Gasteiger partial charge in [0.25, 0.3) is 0 Å². The molecule has 0 fully saturated rings. The molecule has 0 N–H and O–H groups in total. The molecule has 1 aromatic heterocycles. The lowest BCUT2D eigenvalue weighted by Gasteiger charge is -1.97. The van der Waals surface area contributed by atoms with Crippen LogP contribution in [0.25, 0.3) is 10.2 Å². The Bertz CT molecular complexity index is 517.